The molecule has 1 aliphatic rings. The molecule has 0 aliphatic carbocycles. The summed E-state index contributed by atoms with van der Waals surface area (Å²) in [4.78, 5) is 118. The fourth-order valence-corrected chi connectivity index (χ4v) is 8.24. The van der Waals surface area contributed by atoms with Gasteiger partial charge in [0.25, 0.3) is 0 Å². The number of allylic oxidation sites excluding steroid dienone is 1. The molecule has 4 aromatic rings. The van der Waals surface area contributed by atoms with Crippen LogP contribution in [0.3, 0.4) is 0 Å². The molecular formula is C51H57N3O16. The molecule has 0 atom stereocenters. The van der Waals surface area contributed by atoms with Crippen molar-refractivity contribution < 1.29 is 76.3 Å². The van der Waals surface area contributed by atoms with Gasteiger partial charge in [-0.25, -0.2) is 9.59 Å². The van der Waals surface area contributed by atoms with E-state index in [9.17, 15) is 38.4 Å². The molecular weight excluding hydrogens is 911 g/mol. The van der Waals surface area contributed by atoms with Gasteiger partial charge in [-0.3, -0.25) is 33.8 Å². The molecule has 2 aromatic carbocycles. The van der Waals surface area contributed by atoms with E-state index in [4.69, 9.17) is 42.9 Å². The summed E-state index contributed by atoms with van der Waals surface area (Å²) < 4.78 is 41.8. The van der Waals surface area contributed by atoms with Crippen LogP contribution in [0.15, 0.2) is 76.8 Å². The zero-order chi connectivity index (χ0) is 50.8. The monoisotopic (exact) mass is 967 g/mol. The van der Waals surface area contributed by atoms with Crippen LogP contribution < -0.4 is 0 Å². The number of nitrogens with zero attached hydrogens (tertiary/aromatic N) is 1. The van der Waals surface area contributed by atoms with Crippen molar-refractivity contribution in [1.82, 2.24) is 9.97 Å². The standard InChI is InChI=1S/C51H57N3O16/c1-63-41(55)20-17-33-28-52-51(38(33)25-46(60)68-6,26-39-36(23-44(58)66-4)34(18-21-42(56)64-2)47(53-39)49(61)69-29-31-13-9-7-10-14-31)27-40-37(24-45(59)67-5)35(19-22-43(57)65-3)48(54-40)50(62)70-30-32-15-11-8-12-16-32/h7-16,28,53-54H,17-27,29-30H2,1-6H3. The number of carbonyl (C=O) groups is 8. The van der Waals surface area contributed by atoms with Crippen LogP contribution in [0.1, 0.15) is 97.8 Å². The Morgan fingerprint density at radius 2 is 0.843 bits per heavy atom. The van der Waals surface area contributed by atoms with E-state index in [1.807, 2.05) is 12.1 Å². The van der Waals surface area contributed by atoms with Crippen LogP contribution in [0.25, 0.3) is 0 Å². The van der Waals surface area contributed by atoms with Crippen molar-refractivity contribution in [2.45, 2.75) is 89.4 Å². The smallest absolute Gasteiger partial charge is 0.355 e. The van der Waals surface area contributed by atoms with Gasteiger partial charge in [0.15, 0.2) is 0 Å². The van der Waals surface area contributed by atoms with Crippen LogP contribution in [0.5, 0.6) is 0 Å². The number of H-pyrrole nitrogens is 2. The van der Waals surface area contributed by atoms with Gasteiger partial charge in [-0.05, 0) is 63.8 Å². The maximum absolute atomic E-state index is 14.2. The first-order chi connectivity index (χ1) is 33.7. The number of aromatic nitrogens is 2. The Labute approximate surface area is 404 Å². The molecule has 0 radical (unpaired) electrons. The van der Waals surface area contributed by atoms with Crippen LogP contribution >= 0.6 is 0 Å². The minimum absolute atomic E-state index is 0.0482. The lowest BCUT2D eigenvalue weighted by Gasteiger charge is -2.31. The summed E-state index contributed by atoms with van der Waals surface area (Å²) in [5.41, 5.74) is 1.99. The molecule has 0 spiro atoms. The Morgan fingerprint density at radius 1 is 0.471 bits per heavy atom. The number of ether oxygens (including phenoxy) is 8. The van der Waals surface area contributed by atoms with Gasteiger partial charge < -0.3 is 47.9 Å². The Hall–Kier alpha value is -7.83. The second-order valence-electron chi connectivity index (χ2n) is 16.1. The van der Waals surface area contributed by atoms with E-state index in [0.717, 1.165) is 0 Å². The molecule has 0 saturated heterocycles. The third-order valence-corrected chi connectivity index (χ3v) is 11.9. The van der Waals surface area contributed by atoms with E-state index in [1.165, 1.54) is 48.9 Å². The first-order valence-corrected chi connectivity index (χ1v) is 22.2. The molecule has 372 valence electrons. The first-order valence-electron chi connectivity index (χ1n) is 22.2. The maximum Gasteiger partial charge on any atom is 0.355 e. The average molecular weight is 968 g/mol. The molecule has 2 N–H and O–H groups in total. The normalized spacial score (nSPS) is 12.5. The quantitative estimate of drug-likeness (QED) is 0.0646. The number of esters is 8. The molecule has 3 heterocycles. The lowest BCUT2D eigenvalue weighted by molar-refractivity contribution is -0.141. The lowest BCUT2D eigenvalue weighted by atomic mass is 9.77. The molecule has 0 fully saturated rings. The maximum atomic E-state index is 14.2. The number of carbonyl (C=O) groups excluding carboxylic acids is 8. The summed E-state index contributed by atoms with van der Waals surface area (Å²) in [7, 11) is 7.26. The predicted octanol–water partition coefficient (Wildman–Crippen LogP) is 5.12. The van der Waals surface area contributed by atoms with Gasteiger partial charge in [-0.2, -0.15) is 0 Å². The van der Waals surface area contributed by atoms with Gasteiger partial charge in [-0.15, -0.1) is 0 Å². The van der Waals surface area contributed by atoms with E-state index < -0.39 is 66.1 Å². The number of hydrogen-bond acceptors (Lipinski definition) is 17. The molecule has 0 saturated carbocycles. The summed E-state index contributed by atoms with van der Waals surface area (Å²) in [5.74, 6) is -5.45. The first kappa shape index (κ1) is 53.1. The van der Waals surface area contributed by atoms with Crippen molar-refractivity contribution in [3.8, 4) is 0 Å². The summed E-state index contributed by atoms with van der Waals surface area (Å²) in [5, 5.41) is 0. The van der Waals surface area contributed by atoms with E-state index in [-0.39, 0.29) is 116 Å². The van der Waals surface area contributed by atoms with E-state index >= 15 is 0 Å². The Morgan fingerprint density at radius 3 is 1.23 bits per heavy atom. The van der Waals surface area contributed by atoms with Gasteiger partial charge in [0, 0.05) is 49.7 Å². The number of nitrogens with one attached hydrogen (secondary N) is 2. The van der Waals surface area contributed by atoms with Crippen molar-refractivity contribution in [1.29, 1.82) is 0 Å². The van der Waals surface area contributed by atoms with Crippen LogP contribution in [0.2, 0.25) is 0 Å². The second-order valence-corrected chi connectivity index (χ2v) is 16.1. The van der Waals surface area contributed by atoms with Gasteiger partial charge in [0.1, 0.15) is 24.6 Å². The summed E-state index contributed by atoms with van der Waals surface area (Å²) >= 11 is 0. The highest BCUT2D eigenvalue weighted by atomic mass is 16.6. The van der Waals surface area contributed by atoms with Gasteiger partial charge in [0.2, 0.25) is 0 Å². The van der Waals surface area contributed by atoms with Gasteiger partial charge >= 0.3 is 47.8 Å². The number of benzene rings is 2. The van der Waals surface area contributed by atoms with Crippen molar-refractivity contribution in [2.75, 3.05) is 42.7 Å². The van der Waals surface area contributed by atoms with Crippen LogP contribution in [-0.4, -0.2) is 112 Å². The van der Waals surface area contributed by atoms with E-state index in [2.05, 4.69) is 9.97 Å². The molecule has 1 aliphatic heterocycles. The SMILES string of the molecule is COC(=O)CCC1=C(CC(=O)OC)C(Cc2[nH]c(C(=O)OCc3ccccc3)c(CCC(=O)OC)c2CC(=O)OC)(Cc2[nH]c(C(=O)OCc3ccccc3)c(CCC(=O)OC)c2CC(=O)OC)N=C1. The number of methoxy groups -OCH3 is 6. The van der Waals surface area contributed by atoms with Crippen LogP contribution in [0, 0.1) is 0 Å². The second kappa shape index (κ2) is 25.5. The molecule has 0 unspecified atom stereocenters. The summed E-state index contributed by atoms with van der Waals surface area (Å²) in [6.07, 6.45) is -0.763. The van der Waals surface area contributed by atoms with Crippen LogP contribution in [0.4, 0.5) is 0 Å². The molecule has 0 bridgehead atoms. The molecule has 2 aromatic heterocycles. The molecule has 70 heavy (non-hydrogen) atoms. The minimum atomic E-state index is -1.60. The van der Waals surface area contributed by atoms with E-state index in [1.54, 1.807) is 48.5 Å². The van der Waals surface area contributed by atoms with Crippen molar-refractivity contribution in [2.24, 2.45) is 4.99 Å². The summed E-state index contributed by atoms with van der Waals surface area (Å²) in [6.45, 7) is -0.240. The van der Waals surface area contributed by atoms with Crippen molar-refractivity contribution in [3.63, 3.8) is 0 Å². The number of aromatic amines is 2. The third kappa shape index (κ3) is 13.9. The number of aliphatic imine (C=N–C) groups is 1. The molecule has 19 nitrogen and oxygen atoms in total. The van der Waals surface area contributed by atoms with Gasteiger partial charge in [-0.1, -0.05) is 60.7 Å². The van der Waals surface area contributed by atoms with Crippen LogP contribution in [-0.2, 0) is 118 Å². The predicted molar refractivity (Wildman–Crippen MR) is 248 cm³/mol. The van der Waals surface area contributed by atoms with Gasteiger partial charge in [0.05, 0.1) is 67.5 Å². The minimum Gasteiger partial charge on any atom is -0.469 e. The number of hydrogen-bond donors (Lipinski definition) is 2. The van der Waals surface area contributed by atoms with Crippen molar-refractivity contribution in [3.05, 3.63) is 128 Å². The topological polar surface area (TPSA) is 254 Å². The lowest BCUT2D eigenvalue weighted by Crippen LogP contribution is -2.36. The summed E-state index contributed by atoms with van der Waals surface area (Å²) in [6, 6.07) is 17.8. The average Bonchev–Trinajstić information content (AvgIpc) is 4.01. The fourth-order valence-electron chi connectivity index (χ4n) is 8.24. The highest BCUT2D eigenvalue weighted by Gasteiger charge is 2.44. The highest BCUT2D eigenvalue weighted by Crippen LogP contribution is 2.42. The zero-order valence-electron chi connectivity index (χ0n) is 40.0. The molecule has 0 amide bonds. The Kier molecular flexibility index (Phi) is 19.4. The highest BCUT2D eigenvalue weighted by molar-refractivity contribution is 5.93. The fraction of sp³-hybridized carbons (Fsp3) is 0.392. The zero-order valence-corrected chi connectivity index (χ0v) is 40.0. The largest absolute Gasteiger partial charge is 0.469 e. The van der Waals surface area contributed by atoms with Crippen molar-refractivity contribution >= 4 is 54.0 Å². The third-order valence-electron chi connectivity index (χ3n) is 11.9. The Balaban J connectivity index is 1.78. The molecule has 5 rings (SSSR count). The Bertz CT molecular complexity index is 2470. The van der Waals surface area contributed by atoms with E-state index in [0.29, 0.717) is 22.3 Å². The molecule has 19 heteroatoms. The number of rotatable bonds is 25.